The Kier molecular flexibility index (Phi) is 6.17. The van der Waals surface area contributed by atoms with Crippen molar-refractivity contribution in [3.05, 3.63) is 29.8 Å². The molecule has 0 saturated carbocycles. The van der Waals surface area contributed by atoms with E-state index in [1.807, 2.05) is 27.7 Å². The molecule has 1 atom stereocenters. The molecule has 0 unspecified atom stereocenters. The van der Waals surface area contributed by atoms with Gasteiger partial charge < -0.3 is 15.5 Å². The number of rotatable bonds is 6. The molecule has 25 heavy (non-hydrogen) atoms. The first-order chi connectivity index (χ1) is 11.8. The molecule has 1 aliphatic heterocycles. The highest BCUT2D eigenvalue weighted by Crippen LogP contribution is 2.23. The fourth-order valence-electron chi connectivity index (χ4n) is 2.82. The summed E-state index contributed by atoms with van der Waals surface area (Å²) in [6.45, 7) is 8.90. The third-order valence-corrected chi connectivity index (χ3v) is 4.25. The second-order valence-electron chi connectivity index (χ2n) is 7.18. The van der Waals surface area contributed by atoms with Crippen molar-refractivity contribution < 1.29 is 14.4 Å². The van der Waals surface area contributed by atoms with Crippen molar-refractivity contribution >= 4 is 23.4 Å². The van der Waals surface area contributed by atoms with Gasteiger partial charge in [-0.05, 0) is 31.9 Å². The van der Waals surface area contributed by atoms with E-state index in [4.69, 9.17) is 0 Å². The van der Waals surface area contributed by atoms with Crippen LogP contribution in [-0.2, 0) is 9.59 Å². The number of carbonyl (C=O) groups is 3. The number of hydrogen-bond acceptors (Lipinski definition) is 3. The summed E-state index contributed by atoms with van der Waals surface area (Å²) >= 11 is 0. The summed E-state index contributed by atoms with van der Waals surface area (Å²) in [7, 11) is 0. The summed E-state index contributed by atoms with van der Waals surface area (Å²) in [5.41, 5.74) is 0.908. The third kappa shape index (κ3) is 4.81. The van der Waals surface area contributed by atoms with E-state index >= 15 is 0 Å². The maximum atomic E-state index is 12.5. The van der Waals surface area contributed by atoms with Crippen LogP contribution < -0.4 is 10.6 Å². The molecule has 136 valence electrons. The average molecular weight is 345 g/mol. The lowest BCUT2D eigenvalue weighted by molar-refractivity contribution is -0.129. The Hall–Kier alpha value is -2.37. The summed E-state index contributed by atoms with van der Waals surface area (Å²) < 4.78 is 0. The highest BCUT2D eigenvalue weighted by molar-refractivity contribution is 6.05. The molecule has 2 rings (SSSR count). The van der Waals surface area contributed by atoms with E-state index in [-0.39, 0.29) is 36.1 Å². The van der Waals surface area contributed by atoms with E-state index in [2.05, 4.69) is 10.6 Å². The molecular formula is C19H27N3O3. The SMILES string of the molecule is CC(C)CNC(=O)c1ccccc1NC(=O)[C@H]1CC(=O)N(C(C)C)C1. The summed E-state index contributed by atoms with van der Waals surface area (Å²) in [5, 5.41) is 5.68. The number of likely N-dealkylation sites (tertiary alicyclic amines) is 1. The minimum Gasteiger partial charge on any atom is -0.352 e. The van der Waals surface area contributed by atoms with Gasteiger partial charge in [0.2, 0.25) is 11.8 Å². The number of para-hydroxylation sites is 1. The quantitative estimate of drug-likeness (QED) is 0.830. The highest BCUT2D eigenvalue weighted by atomic mass is 16.2. The molecule has 1 aromatic rings. The minimum atomic E-state index is -0.387. The lowest BCUT2D eigenvalue weighted by Gasteiger charge is -2.21. The van der Waals surface area contributed by atoms with Gasteiger partial charge in [0, 0.05) is 25.6 Å². The van der Waals surface area contributed by atoms with Crippen molar-refractivity contribution in [3.8, 4) is 0 Å². The van der Waals surface area contributed by atoms with Gasteiger partial charge in [-0.1, -0.05) is 26.0 Å². The van der Waals surface area contributed by atoms with Crippen LogP contribution in [0.3, 0.4) is 0 Å². The zero-order valence-electron chi connectivity index (χ0n) is 15.3. The number of amides is 3. The molecular weight excluding hydrogens is 318 g/mol. The van der Waals surface area contributed by atoms with Crippen molar-refractivity contribution in [3.63, 3.8) is 0 Å². The van der Waals surface area contributed by atoms with Crippen LogP contribution in [0.2, 0.25) is 0 Å². The number of nitrogens with one attached hydrogen (secondary N) is 2. The number of carbonyl (C=O) groups excluding carboxylic acids is 3. The van der Waals surface area contributed by atoms with E-state index in [0.717, 1.165) is 0 Å². The number of anilines is 1. The lowest BCUT2D eigenvalue weighted by atomic mass is 10.1. The standard InChI is InChI=1S/C19H27N3O3/c1-12(2)10-20-19(25)15-7-5-6-8-16(15)21-18(24)14-9-17(23)22(11-14)13(3)4/h5-8,12-14H,9-11H2,1-4H3,(H,20,25)(H,21,24)/t14-/m0/s1. The molecule has 6 heteroatoms. The van der Waals surface area contributed by atoms with Gasteiger partial charge in [0.05, 0.1) is 17.2 Å². The Morgan fingerprint density at radius 2 is 1.88 bits per heavy atom. The van der Waals surface area contributed by atoms with Crippen LogP contribution in [0.25, 0.3) is 0 Å². The number of nitrogens with zero attached hydrogens (tertiary/aromatic N) is 1. The van der Waals surface area contributed by atoms with Gasteiger partial charge in [-0.25, -0.2) is 0 Å². The molecule has 3 amide bonds. The molecule has 1 aromatic carbocycles. The molecule has 1 saturated heterocycles. The summed E-state index contributed by atoms with van der Waals surface area (Å²) in [5.74, 6) is -0.478. The average Bonchev–Trinajstić information content (AvgIpc) is 2.95. The molecule has 0 aromatic heterocycles. The predicted octanol–water partition coefficient (Wildman–Crippen LogP) is 2.27. The first kappa shape index (κ1) is 19.0. The predicted molar refractivity (Wildman–Crippen MR) is 97.2 cm³/mol. The molecule has 6 nitrogen and oxygen atoms in total. The van der Waals surface area contributed by atoms with Gasteiger partial charge in [-0.2, -0.15) is 0 Å². The van der Waals surface area contributed by atoms with Crippen LogP contribution in [0.1, 0.15) is 44.5 Å². The first-order valence-corrected chi connectivity index (χ1v) is 8.77. The monoisotopic (exact) mass is 345 g/mol. The Balaban J connectivity index is 2.06. The second-order valence-corrected chi connectivity index (χ2v) is 7.18. The fourth-order valence-corrected chi connectivity index (χ4v) is 2.82. The van der Waals surface area contributed by atoms with E-state index in [0.29, 0.717) is 30.3 Å². The Labute approximate surface area is 149 Å². The van der Waals surface area contributed by atoms with Crippen molar-refractivity contribution in [2.24, 2.45) is 11.8 Å². The summed E-state index contributed by atoms with van der Waals surface area (Å²) in [6.07, 6.45) is 0.214. The van der Waals surface area contributed by atoms with Crippen LogP contribution in [0.15, 0.2) is 24.3 Å². The van der Waals surface area contributed by atoms with Crippen LogP contribution in [-0.4, -0.2) is 41.8 Å². The summed E-state index contributed by atoms with van der Waals surface area (Å²) in [4.78, 5) is 38.6. The van der Waals surface area contributed by atoms with Crippen molar-refractivity contribution in [1.29, 1.82) is 0 Å². The van der Waals surface area contributed by atoms with Gasteiger partial charge in [0.15, 0.2) is 0 Å². The molecule has 0 bridgehead atoms. The third-order valence-electron chi connectivity index (χ3n) is 4.25. The topological polar surface area (TPSA) is 78.5 Å². The Bertz CT molecular complexity index is 655. The van der Waals surface area contributed by atoms with Crippen LogP contribution in [0.5, 0.6) is 0 Å². The fraction of sp³-hybridized carbons (Fsp3) is 0.526. The molecule has 0 aliphatic carbocycles. The smallest absolute Gasteiger partial charge is 0.253 e. The van der Waals surface area contributed by atoms with Crippen LogP contribution in [0, 0.1) is 11.8 Å². The Morgan fingerprint density at radius 1 is 1.20 bits per heavy atom. The summed E-state index contributed by atoms with van der Waals surface area (Å²) in [6, 6.07) is 7.01. The van der Waals surface area contributed by atoms with E-state index < -0.39 is 0 Å². The first-order valence-electron chi connectivity index (χ1n) is 8.77. The van der Waals surface area contributed by atoms with E-state index in [1.54, 1.807) is 29.2 Å². The highest BCUT2D eigenvalue weighted by Gasteiger charge is 2.35. The van der Waals surface area contributed by atoms with Crippen LogP contribution >= 0.6 is 0 Å². The molecule has 0 spiro atoms. The number of benzene rings is 1. The zero-order chi connectivity index (χ0) is 18.6. The molecule has 2 N–H and O–H groups in total. The van der Waals surface area contributed by atoms with Gasteiger partial charge in [-0.3, -0.25) is 14.4 Å². The second kappa shape index (κ2) is 8.14. The zero-order valence-corrected chi connectivity index (χ0v) is 15.3. The van der Waals surface area contributed by atoms with Gasteiger partial charge in [-0.15, -0.1) is 0 Å². The van der Waals surface area contributed by atoms with Gasteiger partial charge in [0.25, 0.3) is 5.91 Å². The largest absolute Gasteiger partial charge is 0.352 e. The maximum Gasteiger partial charge on any atom is 0.253 e. The molecule has 1 aliphatic rings. The normalized spacial score (nSPS) is 17.3. The van der Waals surface area contributed by atoms with Crippen molar-refractivity contribution in [1.82, 2.24) is 10.2 Å². The van der Waals surface area contributed by atoms with Crippen molar-refractivity contribution in [2.75, 3.05) is 18.4 Å². The van der Waals surface area contributed by atoms with E-state index in [9.17, 15) is 14.4 Å². The van der Waals surface area contributed by atoms with Gasteiger partial charge in [0.1, 0.15) is 0 Å². The Morgan fingerprint density at radius 3 is 2.48 bits per heavy atom. The van der Waals surface area contributed by atoms with Gasteiger partial charge >= 0.3 is 0 Å². The van der Waals surface area contributed by atoms with E-state index in [1.165, 1.54) is 0 Å². The number of hydrogen-bond donors (Lipinski definition) is 2. The lowest BCUT2D eigenvalue weighted by Crippen LogP contribution is -2.34. The maximum absolute atomic E-state index is 12.5. The molecule has 1 fully saturated rings. The van der Waals surface area contributed by atoms with Crippen LogP contribution in [0.4, 0.5) is 5.69 Å². The molecule has 1 heterocycles. The minimum absolute atomic E-state index is 0.00175. The van der Waals surface area contributed by atoms with Crippen molar-refractivity contribution in [2.45, 2.75) is 40.2 Å². The molecule has 0 radical (unpaired) electrons.